The number of carbonyl (C=O) groups is 1. The van der Waals surface area contributed by atoms with E-state index in [9.17, 15) is 9.90 Å². The van der Waals surface area contributed by atoms with Crippen LogP contribution in [-0.4, -0.2) is 17.7 Å². The molecule has 0 spiro atoms. The maximum Gasteiger partial charge on any atom is 0.412 e. The van der Waals surface area contributed by atoms with E-state index in [1.807, 2.05) is 54.6 Å². The highest BCUT2D eigenvalue weighted by atomic mass is 127. The third-order valence-corrected chi connectivity index (χ3v) is 5.37. The Bertz CT molecular complexity index is 976. The third-order valence-electron chi connectivity index (χ3n) is 4.06. The molecule has 0 atom stereocenters. The first-order chi connectivity index (χ1) is 13.1. The average molecular weight is 494 g/mol. The maximum atomic E-state index is 11.8. The highest BCUT2D eigenvalue weighted by Gasteiger charge is 2.20. The summed E-state index contributed by atoms with van der Waals surface area (Å²) in [4.78, 5) is 13.0. The normalized spacial score (nSPS) is 11.0. The zero-order valence-corrected chi connectivity index (χ0v) is 17.2. The molecule has 0 radical (unpaired) electrons. The molecular formula is C21H17ClINO3. The zero-order chi connectivity index (χ0) is 19.2. The molecule has 1 N–H and O–H groups in total. The SMILES string of the molecule is O=C(O)N(CC=CCl)c1cc(OCc2ccccc2)c2ccccc2c1I. The van der Waals surface area contributed by atoms with E-state index < -0.39 is 6.09 Å². The van der Waals surface area contributed by atoms with E-state index in [1.165, 1.54) is 10.4 Å². The molecule has 6 heteroatoms. The number of rotatable bonds is 6. The second kappa shape index (κ2) is 9.10. The van der Waals surface area contributed by atoms with Gasteiger partial charge in [-0.2, -0.15) is 0 Å². The molecule has 0 fully saturated rings. The van der Waals surface area contributed by atoms with E-state index in [-0.39, 0.29) is 6.54 Å². The Morgan fingerprint density at radius 3 is 2.44 bits per heavy atom. The molecule has 0 unspecified atom stereocenters. The van der Waals surface area contributed by atoms with Gasteiger partial charge in [0.05, 0.1) is 5.69 Å². The molecule has 138 valence electrons. The van der Waals surface area contributed by atoms with Gasteiger partial charge in [-0.25, -0.2) is 4.79 Å². The largest absolute Gasteiger partial charge is 0.488 e. The zero-order valence-electron chi connectivity index (χ0n) is 14.3. The Balaban J connectivity index is 2.06. The molecule has 0 saturated heterocycles. The fourth-order valence-corrected chi connectivity index (χ4v) is 3.77. The minimum absolute atomic E-state index is 0.158. The van der Waals surface area contributed by atoms with Gasteiger partial charge in [-0.3, -0.25) is 4.90 Å². The summed E-state index contributed by atoms with van der Waals surface area (Å²) in [5, 5.41) is 11.5. The van der Waals surface area contributed by atoms with E-state index in [2.05, 4.69) is 22.6 Å². The first-order valence-electron chi connectivity index (χ1n) is 8.25. The summed E-state index contributed by atoms with van der Waals surface area (Å²) in [6.45, 7) is 0.560. The molecule has 3 aromatic rings. The van der Waals surface area contributed by atoms with Crippen molar-refractivity contribution in [2.45, 2.75) is 6.61 Å². The number of hydrogen-bond donors (Lipinski definition) is 1. The van der Waals surface area contributed by atoms with Crippen molar-refractivity contribution in [1.29, 1.82) is 0 Å². The highest BCUT2D eigenvalue weighted by molar-refractivity contribution is 14.1. The minimum Gasteiger partial charge on any atom is -0.488 e. The first-order valence-corrected chi connectivity index (χ1v) is 9.77. The molecule has 4 nitrogen and oxygen atoms in total. The standard InChI is InChI=1S/C21H17ClINO3/c22-11-6-12-24(21(25)26)18-13-19(27-14-15-7-2-1-3-8-15)16-9-4-5-10-17(16)20(18)23/h1-11,13H,12,14H2,(H,25,26). The Morgan fingerprint density at radius 1 is 1.11 bits per heavy atom. The van der Waals surface area contributed by atoms with E-state index >= 15 is 0 Å². The van der Waals surface area contributed by atoms with Crippen LogP contribution >= 0.6 is 34.2 Å². The summed E-state index contributed by atoms with van der Waals surface area (Å²) in [7, 11) is 0. The molecule has 0 bridgehead atoms. The fourth-order valence-electron chi connectivity index (χ4n) is 2.77. The van der Waals surface area contributed by atoms with Crippen LogP contribution in [0.2, 0.25) is 0 Å². The lowest BCUT2D eigenvalue weighted by molar-refractivity contribution is 0.202. The summed E-state index contributed by atoms with van der Waals surface area (Å²) >= 11 is 7.77. The Labute approximate surface area is 176 Å². The highest BCUT2D eigenvalue weighted by Crippen LogP contribution is 2.37. The average Bonchev–Trinajstić information content (AvgIpc) is 2.69. The van der Waals surface area contributed by atoms with Crippen molar-refractivity contribution < 1.29 is 14.6 Å². The maximum absolute atomic E-state index is 11.8. The molecule has 0 aromatic heterocycles. The van der Waals surface area contributed by atoms with Crippen molar-refractivity contribution in [1.82, 2.24) is 0 Å². The van der Waals surface area contributed by atoms with Crippen LogP contribution in [0.3, 0.4) is 0 Å². The molecular weight excluding hydrogens is 477 g/mol. The quantitative estimate of drug-likeness (QED) is 0.412. The molecule has 3 aromatic carbocycles. The Kier molecular flexibility index (Phi) is 6.58. The molecule has 0 saturated carbocycles. The number of fused-ring (bicyclic) bond motifs is 1. The van der Waals surface area contributed by atoms with Crippen molar-refractivity contribution >= 4 is 56.7 Å². The monoisotopic (exact) mass is 493 g/mol. The predicted octanol–water partition coefficient (Wildman–Crippen LogP) is 6.26. The van der Waals surface area contributed by atoms with E-state index in [0.29, 0.717) is 18.0 Å². The van der Waals surface area contributed by atoms with E-state index in [1.54, 1.807) is 12.1 Å². The Morgan fingerprint density at radius 2 is 1.78 bits per heavy atom. The van der Waals surface area contributed by atoms with E-state index in [4.69, 9.17) is 16.3 Å². The van der Waals surface area contributed by atoms with Gasteiger partial charge < -0.3 is 9.84 Å². The molecule has 1 amide bonds. The summed E-state index contributed by atoms with van der Waals surface area (Å²) in [5.41, 5.74) is 2.93. The second-order valence-corrected chi connectivity index (χ2v) is 7.11. The minimum atomic E-state index is -1.05. The number of anilines is 1. The fraction of sp³-hybridized carbons (Fsp3) is 0.0952. The number of halogens is 2. The molecule has 0 aliphatic rings. The van der Waals surface area contributed by atoms with E-state index in [0.717, 1.165) is 19.9 Å². The lowest BCUT2D eigenvalue weighted by Gasteiger charge is -2.22. The van der Waals surface area contributed by atoms with Crippen molar-refractivity contribution in [3.8, 4) is 5.75 Å². The van der Waals surface area contributed by atoms with Crippen LogP contribution in [0.5, 0.6) is 5.75 Å². The van der Waals surface area contributed by atoms with Crippen LogP contribution in [0.15, 0.2) is 72.3 Å². The van der Waals surface area contributed by atoms with Gasteiger partial charge in [-0.1, -0.05) is 72.3 Å². The van der Waals surface area contributed by atoms with Crippen LogP contribution < -0.4 is 9.64 Å². The van der Waals surface area contributed by atoms with Crippen molar-refractivity contribution in [2.24, 2.45) is 0 Å². The van der Waals surface area contributed by atoms with Crippen molar-refractivity contribution in [3.63, 3.8) is 0 Å². The van der Waals surface area contributed by atoms with Gasteiger partial charge in [0.1, 0.15) is 12.4 Å². The van der Waals surface area contributed by atoms with Gasteiger partial charge in [0.15, 0.2) is 0 Å². The number of amides is 1. The molecule has 3 rings (SSSR count). The van der Waals surface area contributed by atoms with Crippen LogP contribution in [0.25, 0.3) is 10.8 Å². The van der Waals surface area contributed by atoms with Gasteiger partial charge in [-0.15, -0.1) is 0 Å². The van der Waals surface area contributed by atoms with Crippen LogP contribution in [0.4, 0.5) is 10.5 Å². The van der Waals surface area contributed by atoms with Gasteiger partial charge >= 0.3 is 6.09 Å². The van der Waals surface area contributed by atoms with Crippen LogP contribution in [0, 0.1) is 3.57 Å². The van der Waals surface area contributed by atoms with Gasteiger partial charge in [0.25, 0.3) is 0 Å². The van der Waals surface area contributed by atoms with Crippen LogP contribution in [-0.2, 0) is 6.61 Å². The number of carboxylic acid groups (broad SMARTS) is 1. The lowest BCUT2D eigenvalue weighted by Crippen LogP contribution is -2.30. The Hall–Kier alpha value is -2.25. The van der Waals surface area contributed by atoms with Gasteiger partial charge in [0, 0.05) is 32.5 Å². The number of hydrogen-bond acceptors (Lipinski definition) is 2. The molecule has 0 aliphatic carbocycles. The van der Waals surface area contributed by atoms with Crippen molar-refractivity contribution in [2.75, 3.05) is 11.4 Å². The summed E-state index contributed by atoms with van der Waals surface area (Å²) in [6.07, 6.45) is 0.540. The second-order valence-electron chi connectivity index (χ2n) is 5.78. The molecule has 0 heterocycles. The number of nitrogens with zero attached hydrogens (tertiary/aromatic N) is 1. The van der Waals surface area contributed by atoms with Gasteiger partial charge in [0.2, 0.25) is 0 Å². The number of ether oxygens (including phenoxy) is 1. The molecule has 27 heavy (non-hydrogen) atoms. The predicted molar refractivity (Wildman–Crippen MR) is 118 cm³/mol. The van der Waals surface area contributed by atoms with Crippen molar-refractivity contribution in [3.05, 3.63) is 81.4 Å². The lowest BCUT2D eigenvalue weighted by atomic mass is 10.1. The first kappa shape index (κ1) is 19.5. The van der Waals surface area contributed by atoms with Gasteiger partial charge in [-0.05, 0) is 28.2 Å². The summed E-state index contributed by atoms with van der Waals surface area (Å²) in [6, 6.07) is 19.5. The summed E-state index contributed by atoms with van der Waals surface area (Å²) in [5.74, 6) is 0.644. The smallest absolute Gasteiger partial charge is 0.412 e. The third kappa shape index (κ3) is 4.54. The number of benzene rings is 3. The topological polar surface area (TPSA) is 49.8 Å². The van der Waals surface area contributed by atoms with Crippen LogP contribution in [0.1, 0.15) is 5.56 Å². The molecule has 0 aliphatic heterocycles. The summed E-state index contributed by atoms with van der Waals surface area (Å²) < 4.78 is 6.92.